The summed E-state index contributed by atoms with van der Waals surface area (Å²) in [5.74, 6) is 0. The molecule has 2 nitrogen and oxygen atoms in total. The van der Waals surface area contributed by atoms with E-state index in [9.17, 15) is 0 Å². The van der Waals surface area contributed by atoms with Crippen LogP contribution in [0.15, 0.2) is 54.2 Å². The third kappa shape index (κ3) is 2.17. The highest BCUT2D eigenvalue weighted by Gasteiger charge is 2.54. The molecule has 0 radical (unpaired) electrons. The first-order chi connectivity index (χ1) is 12.2. The summed E-state index contributed by atoms with van der Waals surface area (Å²) >= 11 is 0. The van der Waals surface area contributed by atoms with Crippen LogP contribution in [0, 0.1) is 12.3 Å². The first kappa shape index (κ1) is 17.2. The molecule has 2 heteroatoms. The predicted octanol–water partition coefficient (Wildman–Crippen LogP) is 6.13. The first-order valence-electron chi connectivity index (χ1n) is 9.60. The number of hydrogen-bond donors (Lipinski definition) is 0. The summed E-state index contributed by atoms with van der Waals surface area (Å²) in [5, 5.41) is 0. The molecule has 2 heterocycles. The van der Waals surface area contributed by atoms with Gasteiger partial charge >= 0.3 is 0 Å². The van der Waals surface area contributed by atoms with E-state index in [-0.39, 0.29) is 17.1 Å². The van der Waals surface area contributed by atoms with Crippen LogP contribution in [0.1, 0.15) is 58.2 Å². The molecular formula is C24H30N2. The molecule has 136 valence electrons. The highest BCUT2D eigenvalue weighted by Crippen LogP contribution is 2.56. The van der Waals surface area contributed by atoms with Crippen molar-refractivity contribution in [2.24, 2.45) is 5.41 Å². The van der Waals surface area contributed by atoms with Gasteiger partial charge in [0.15, 0.2) is 0 Å². The van der Waals surface area contributed by atoms with Crippen molar-refractivity contribution in [1.29, 1.82) is 0 Å². The summed E-state index contributed by atoms with van der Waals surface area (Å²) in [4.78, 5) is 5.24. The molecule has 0 fully saturated rings. The Kier molecular flexibility index (Phi) is 3.57. The van der Waals surface area contributed by atoms with E-state index in [1.807, 2.05) is 0 Å². The summed E-state index contributed by atoms with van der Waals surface area (Å²) in [6, 6.07) is 17.7. The minimum absolute atomic E-state index is 0.0252. The third-order valence-electron chi connectivity index (χ3n) is 6.03. The fraction of sp³-hybridized carbons (Fsp3) is 0.417. The molecule has 4 rings (SSSR count). The van der Waals surface area contributed by atoms with Gasteiger partial charge in [-0.15, -0.1) is 0 Å². The third-order valence-corrected chi connectivity index (χ3v) is 6.03. The van der Waals surface area contributed by atoms with Crippen molar-refractivity contribution in [3.8, 4) is 0 Å². The second kappa shape index (κ2) is 5.39. The van der Waals surface area contributed by atoms with Crippen molar-refractivity contribution >= 4 is 11.4 Å². The zero-order valence-corrected chi connectivity index (χ0v) is 17.1. The summed E-state index contributed by atoms with van der Waals surface area (Å²) < 4.78 is 0. The molecule has 2 aromatic rings. The lowest BCUT2D eigenvalue weighted by Crippen LogP contribution is -2.53. The zero-order valence-electron chi connectivity index (χ0n) is 17.1. The smallest absolute Gasteiger partial charge is 0.112 e. The van der Waals surface area contributed by atoms with Gasteiger partial charge in [0, 0.05) is 22.4 Å². The average Bonchev–Trinajstić information content (AvgIpc) is 3.00. The van der Waals surface area contributed by atoms with Crippen LogP contribution < -0.4 is 4.90 Å². The topological polar surface area (TPSA) is 6.48 Å². The van der Waals surface area contributed by atoms with E-state index < -0.39 is 0 Å². The van der Waals surface area contributed by atoms with E-state index in [0.29, 0.717) is 0 Å². The van der Waals surface area contributed by atoms with E-state index in [2.05, 4.69) is 107 Å². The molecule has 0 aliphatic carbocycles. The van der Waals surface area contributed by atoms with Gasteiger partial charge in [0.05, 0.1) is 11.2 Å². The molecule has 26 heavy (non-hydrogen) atoms. The Morgan fingerprint density at radius 2 is 1.50 bits per heavy atom. The van der Waals surface area contributed by atoms with Gasteiger partial charge < -0.3 is 9.80 Å². The average molecular weight is 347 g/mol. The molecule has 0 saturated heterocycles. The Bertz CT molecular complexity index is 898. The van der Waals surface area contributed by atoms with E-state index in [0.717, 1.165) is 0 Å². The molecular weight excluding hydrogens is 316 g/mol. The highest BCUT2D eigenvalue weighted by atomic mass is 15.5. The van der Waals surface area contributed by atoms with Crippen LogP contribution in [-0.2, 0) is 5.54 Å². The van der Waals surface area contributed by atoms with Gasteiger partial charge in [0.1, 0.15) is 6.17 Å². The highest BCUT2D eigenvalue weighted by molar-refractivity contribution is 5.83. The second-order valence-corrected chi connectivity index (χ2v) is 9.30. The lowest BCUT2D eigenvalue weighted by atomic mass is 9.86. The minimum atomic E-state index is -0.0252. The summed E-state index contributed by atoms with van der Waals surface area (Å²) in [7, 11) is 0. The number of aryl methyl sites for hydroxylation is 1. The normalized spacial score (nSPS) is 21.3. The number of rotatable bonds is 1. The van der Waals surface area contributed by atoms with Gasteiger partial charge in [-0.2, -0.15) is 0 Å². The lowest BCUT2D eigenvalue weighted by Gasteiger charge is -2.47. The summed E-state index contributed by atoms with van der Waals surface area (Å²) in [6.45, 7) is 16.3. The van der Waals surface area contributed by atoms with Crippen LogP contribution in [0.5, 0.6) is 0 Å². The van der Waals surface area contributed by atoms with Crippen molar-refractivity contribution in [1.82, 2.24) is 4.90 Å². The molecule has 2 aliphatic heterocycles. The Balaban J connectivity index is 2.01. The molecule has 1 atom stereocenters. The van der Waals surface area contributed by atoms with Gasteiger partial charge in [-0.25, -0.2) is 0 Å². The van der Waals surface area contributed by atoms with Crippen molar-refractivity contribution in [2.75, 3.05) is 4.90 Å². The monoisotopic (exact) mass is 346 g/mol. The Labute approximate surface area is 158 Å². The first-order valence-corrected chi connectivity index (χ1v) is 9.60. The van der Waals surface area contributed by atoms with Crippen LogP contribution >= 0.6 is 0 Å². The fourth-order valence-electron chi connectivity index (χ4n) is 4.89. The molecule has 0 aromatic heterocycles. The lowest BCUT2D eigenvalue weighted by molar-refractivity contribution is 0.0922. The van der Waals surface area contributed by atoms with Crippen molar-refractivity contribution in [3.05, 3.63) is 70.9 Å². The largest absolute Gasteiger partial charge is 0.339 e. The Hall–Kier alpha value is -2.22. The van der Waals surface area contributed by atoms with Crippen LogP contribution in [0.25, 0.3) is 5.70 Å². The molecule has 0 N–H and O–H groups in total. The molecule has 1 unspecified atom stereocenters. The van der Waals surface area contributed by atoms with Gasteiger partial charge in [0.25, 0.3) is 0 Å². The number of hydrogen-bond acceptors (Lipinski definition) is 2. The predicted molar refractivity (Wildman–Crippen MR) is 111 cm³/mol. The maximum Gasteiger partial charge on any atom is 0.112 e. The van der Waals surface area contributed by atoms with E-state index in [1.54, 1.807) is 0 Å². The quantitative estimate of drug-likeness (QED) is 0.613. The number of anilines is 1. The van der Waals surface area contributed by atoms with E-state index in [1.165, 1.54) is 33.8 Å². The Morgan fingerprint density at radius 1 is 0.885 bits per heavy atom. The minimum Gasteiger partial charge on any atom is -0.339 e. The molecule has 0 amide bonds. The second-order valence-electron chi connectivity index (χ2n) is 9.30. The van der Waals surface area contributed by atoms with E-state index >= 15 is 0 Å². The van der Waals surface area contributed by atoms with Crippen molar-refractivity contribution in [3.63, 3.8) is 0 Å². The Morgan fingerprint density at radius 3 is 2.15 bits per heavy atom. The molecule has 2 aliphatic rings. The zero-order chi connectivity index (χ0) is 18.9. The summed E-state index contributed by atoms with van der Waals surface area (Å²) in [6.07, 6.45) is 0.279. The van der Waals surface area contributed by atoms with Crippen LogP contribution in [0.2, 0.25) is 0 Å². The molecule has 0 bridgehead atoms. The number of para-hydroxylation sites is 1. The van der Waals surface area contributed by atoms with Crippen LogP contribution in [0.4, 0.5) is 5.69 Å². The standard InChI is InChI=1S/C24H30N2/c1-16-12-8-11-15-20(16)25-17(2)21-18-13-9-10-14-19(18)24(6,7)26(21)22(25)23(3,4)5/h8-15,22H,1-7H3. The fourth-order valence-corrected chi connectivity index (χ4v) is 4.89. The van der Waals surface area contributed by atoms with Gasteiger partial charge in [-0.3, -0.25) is 0 Å². The van der Waals surface area contributed by atoms with Gasteiger partial charge in [-0.1, -0.05) is 63.2 Å². The number of benzene rings is 2. The molecule has 0 spiro atoms. The summed E-state index contributed by atoms with van der Waals surface area (Å²) in [5.41, 5.74) is 8.31. The maximum absolute atomic E-state index is 2.67. The SMILES string of the molecule is CC1=C2c3ccccc3C(C)(C)N2C(C(C)(C)C)N1c1ccccc1C. The van der Waals surface area contributed by atoms with E-state index in [4.69, 9.17) is 0 Å². The van der Waals surface area contributed by atoms with Gasteiger partial charge in [0.2, 0.25) is 0 Å². The number of fused-ring (bicyclic) bond motifs is 3. The molecule has 2 aromatic carbocycles. The van der Waals surface area contributed by atoms with Crippen LogP contribution in [-0.4, -0.2) is 11.1 Å². The number of nitrogens with zero attached hydrogens (tertiary/aromatic N) is 2. The maximum atomic E-state index is 2.67. The van der Waals surface area contributed by atoms with Crippen molar-refractivity contribution in [2.45, 2.75) is 60.2 Å². The molecule has 0 saturated carbocycles. The van der Waals surface area contributed by atoms with Gasteiger partial charge in [-0.05, 0) is 44.9 Å². The number of allylic oxidation sites excluding steroid dienone is 1. The van der Waals surface area contributed by atoms with Crippen LogP contribution in [0.3, 0.4) is 0 Å². The van der Waals surface area contributed by atoms with Crippen molar-refractivity contribution < 1.29 is 0 Å².